The molecular formula is C14H12BrClN2O. The summed E-state index contributed by atoms with van der Waals surface area (Å²) in [5.74, 6) is 1.01. The number of benzene rings is 1. The first-order chi connectivity index (χ1) is 9.22. The van der Waals surface area contributed by atoms with Crippen molar-refractivity contribution >= 4 is 33.2 Å². The minimum absolute atomic E-state index is 0.472. The van der Waals surface area contributed by atoms with Crippen molar-refractivity contribution in [3.05, 3.63) is 51.2 Å². The maximum absolute atomic E-state index is 5.86. The van der Waals surface area contributed by atoms with Gasteiger partial charge in [-0.1, -0.05) is 23.7 Å². The van der Waals surface area contributed by atoms with Gasteiger partial charge in [0.25, 0.3) is 0 Å². The topological polar surface area (TPSA) is 34.2 Å². The van der Waals surface area contributed by atoms with E-state index in [2.05, 4.69) is 38.4 Å². The molecule has 2 aromatic rings. The zero-order chi connectivity index (χ0) is 13.2. The van der Waals surface area contributed by atoms with Crippen LogP contribution in [0.4, 0.5) is 5.69 Å². The minimum Gasteiger partial charge on any atom is -0.493 e. The van der Waals surface area contributed by atoms with Gasteiger partial charge in [-0.3, -0.25) is 0 Å². The van der Waals surface area contributed by atoms with Gasteiger partial charge in [0.2, 0.25) is 0 Å². The van der Waals surface area contributed by atoms with Crippen molar-refractivity contribution < 1.29 is 4.74 Å². The molecule has 0 unspecified atom stereocenters. The Labute approximate surface area is 125 Å². The average Bonchev–Trinajstić information content (AvgIpc) is 2.87. The molecule has 1 aliphatic rings. The number of nitrogens with zero attached hydrogens (tertiary/aromatic N) is 1. The summed E-state index contributed by atoms with van der Waals surface area (Å²) in [5.41, 5.74) is 3.46. The lowest BCUT2D eigenvalue weighted by Crippen LogP contribution is -2.00. The summed E-state index contributed by atoms with van der Waals surface area (Å²) in [7, 11) is 0. The highest BCUT2D eigenvalue weighted by atomic mass is 79.9. The summed E-state index contributed by atoms with van der Waals surface area (Å²) in [6, 6.07) is 8.23. The van der Waals surface area contributed by atoms with E-state index in [1.165, 1.54) is 11.1 Å². The van der Waals surface area contributed by atoms with Crippen molar-refractivity contribution in [3.8, 4) is 5.75 Å². The summed E-state index contributed by atoms with van der Waals surface area (Å²) in [6.07, 6.45) is 2.72. The number of rotatable bonds is 3. The van der Waals surface area contributed by atoms with E-state index in [0.29, 0.717) is 5.15 Å². The van der Waals surface area contributed by atoms with Crippen LogP contribution in [-0.2, 0) is 13.0 Å². The van der Waals surface area contributed by atoms with Crippen LogP contribution in [0.5, 0.6) is 5.75 Å². The second kappa shape index (κ2) is 5.39. The van der Waals surface area contributed by atoms with E-state index in [0.717, 1.165) is 35.5 Å². The smallest absolute Gasteiger partial charge is 0.143 e. The number of hydrogen-bond acceptors (Lipinski definition) is 3. The second-order valence-corrected chi connectivity index (χ2v) is 5.60. The van der Waals surface area contributed by atoms with Gasteiger partial charge in [-0.15, -0.1) is 0 Å². The molecule has 0 radical (unpaired) electrons. The van der Waals surface area contributed by atoms with Gasteiger partial charge < -0.3 is 10.1 Å². The number of ether oxygens (including phenoxy) is 1. The van der Waals surface area contributed by atoms with Gasteiger partial charge in [-0.25, -0.2) is 4.98 Å². The lowest BCUT2D eigenvalue weighted by atomic mass is 10.1. The Morgan fingerprint density at radius 3 is 3.11 bits per heavy atom. The van der Waals surface area contributed by atoms with Gasteiger partial charge >= 0.3 is 0 Å². The van der Waals surface area contributed by atoms with Crippen LogP contribution in [0.3, 0.4) is 0 Å². The van der Waals surface area contributed by atoms with Crippen molar-refractivity contribution in [2.24, 2.45) is 0 Å². The molecule has 5 heteroatoms. The summed E-state index contributed by atoms with van der Waals surface area (Å²) < 4.78 is 6.29. The molecule has 0 atom stereocenters. The maximum Gasteiger partial charge on any atom is 0.143 e. The molecule has 0 amide bonds. The highest BCUT2D eigenvalue weighted by Crippen LogP contribution is 2.27. The molecule has 3 nitrogen and oxygen atoms in total. The van der Waals surface area contributed by atoms with Crippen LogP contribution in [0.15, 0.2) is 34.9 Å². The van der Waals surface area contributed by atoms with Crippen molar-refractivity contribution in [2.75, 3.05) is 11.9 Å². The monoisotopic (exact) mass is 338 g/mol. The lowest BCUT2D eigenvalue weighted by molar-refractivity contribution is 0.357. The molecule has 0 saturated carbocycles. The third kappa shape index (κ3) is 2.85. The summed E-state index contributed by atoms with van der Waals surface area (Å²) >= 11 is 9.22. The first kappa shape index (κ1) is 12.8. The number of aromatic nitrogens is 1. The lowest BCUT2D eigenvalue weighted by Gasteiger charge is -2.08. The van der Waals surface area contributed by atoms with E-state index in [-0.39, 0.29) is 0 Å². The van der Waals surface area contributed by atoms with Crippen molar-refractivity contribution in [1.29, 1.82) is 0 Å². The van der Waals surface area contributed by atoms with Crippen LogP contribution in [0.2, 0.25) is 5.15 Å². The van der Waals surface area contributed by atoms with Crippen LogP contribution >= 0.6 is 27.5 Å². The van der Waals surface area contributed by atoms with Crippen LogP contribution in [0.1, 0.15) is 11.1 Å². The number of nitrogens with one attached hydrogen (secondary N) is 1. The fraction of sp³-hybridized carbons (Fsp3) is 0.214. The van der Waals surface area contributed by atoms with Gasteiger partial charge in [0.15, 0.2) is 0 Å². The third-order valence-electron chi connectivity index (χ3n) is 3.05. The number of anilines is 1. The van der Waals surface area contributed by atoms with Gasteiger partial charge in [0.05, 0.1) is 23.0 Å². The fourth-order valence-corrected chi connectivity index (χ4v) is 2.52. The van der Waals surface area contributed by atoms with Gasteiger partial charge in [0, 0.05) is 13.0 Å². The van der Waals surface area contributed by atoms with Gasteiger partial charge in [-0.2, -0.15) is 0 Å². The Bertz CT molecular complexity index is 618. The maximum atomic E-state index is 5.86. The average molecular weight is 340 g/mol. The molecular weight excluding hydrogens is 328 g/mol. The standard InChI is InChI=1S/C14H12BrClN2O/c15-12-6-11(8-18-14(12)16)17-7-9-1-2-13-10(5-9)3-4-19-13/h1-2,5-6,8,17H,3-4,7H2. The molecule has 0 saturated heterocycles. The Hall–Kier alpha value is -1.26. The minimum atomic E-state index is 0.472. The quantitative estimate of drug-likeness (QED) is 0.857. The summed E-state index contributed by atoms with van der Waals surface area (Å²) in [5, 5.41) is 3.80. The highest BCUT2D eigenvalue weighted by Gasteiger charge is 2.11. The van der Waals surface area contributed by atoms with E-state index in [1.807, 2.05) is 12.1 Å². The normalized spacial score (nSPS) is 12.9. The van der Waals surface area contributed by atoms with Crippen LogP contribution in [0, 0.1) is 0 Å². The highest BCUT2D eigenvalue weighted by molar-refractivity contribution is 9.10. The molecule has 0 bridgehead atoms. The molecule has 2 heterocycles. The molecule has 0 spiro atoms. The van der Waals surface area contributed by atoms with E-state index >= 15 is 0 Å². The predicted molar refractivity (Wildman–Crippen MR) is 79.9 cm³/mol. The number of hydrogen-bond donors (Lipinski definition) is 1. The van der Waals surface area contributed by atoms with Crippen molar-refractivity contribution in [3.63, 3.8) is 0 Å². The van der Waals surface area contributed by atoms with Crippen molar-refractivity contribution in [1.82, 2.24) is 4.98 Å². The molecule has 1 aliphatic heterocycles. The van der Waals surface area contributed by atoms with Gasteiger partial charge in [-0.05, 0) is 39.2 Å². The summed E-state index contributed by atoms with van der Waals surface area (Å²) in [6.45, 7) is 1.54. The molecule has 19 heavy (non-hydrogen) atoms. The van der Waals surface area contributed by atoms with Crippen LogP contribution in [0.25, 0.3) is 0 Å². The Kier molecular flexibility index (Phi) is 3.62. The Morgan fingerprint density at radius 2 is 2.26 bits per heavy atom. The first-order valence-electron chi connectivity index (χ1n) is 6.02. The molecule has 1 N–H and O–H groups in total. The Balaban J connectivity index is 1.70. The zero-order valence-electron chi connectivity index (χ0n) is 10.1. The Morgan fingerprint density at radius 1 is 1.37 bits per heavy atom. The van der Waals surface area contributed by atoms with E-state index < -0.39 is 0 Å². The van der Waals surface area contributed by atoms with Crippen molar-refractivity contribution in [2.45, 2.75) is 13.0 Å². The third-order valence-corrected chi connectivity index (χ3v) is 4.18. The molecule has 3 rings (SSSR count). The van der Waals surface area contributed by atoms with Gasteiger partial charge in [0.1, 0.15) is 10.9 Å². The molecule has 1 aromatic heterocycles. The molecule has 98 valence electrons. The zero-order valence-corrected chi connectivity index (χ0v) is 12.5. The number of halogens is 2. The van der Waals surface area contributed by atoms with Crippen LogP contribution < -0.4 is 10.1 Å². The van der Waals surface area contributed by atoms with Crippen LogP contribution in [-0.4, -0.2) is 11.6 Å². The number of fused-ring (bicyclic) bond motifs is 1. The molecule has 0 aliphatic carbocycles. The SMILES string of the molecule is Clc1ncc(NCc2ccc3c(c2)CCO3)cc1Br. The largest absolute Gasteiger partial charge is 0.493 e. The van der Waals surface area contributed by atoms with E-state index in [9.17, 15) is 0 Å². The molecule has 1 aromatic carbocycles. The molecule has 0 fully saturated rings. The summed E-state index contributed by atoms with van der Waals surface area (Å²) in [4.78, 5) is 4.08. The predicted octanol–water partition coefficient (Wildman–Crippen LogP) is 4.04. The second-order valence-electron chi connectivity index (χ2n) is 4.39. The first-order valence-corrected chi connectivity index (χ1v) is 7.19. The van der Waals surface area contributed by atoms with E-state index in [1.54, 1.807) is 6.20 Å². The number of pyridine rings is 1. The van der Waals surface area contributed by atoms with E-state index in [4.69, 9.17) is 16.3 Å². The fourth-order valence-electron chi connectivity index (χ4n) is 2.07.